The number of esters is 1. The summed E-state index contributed by atoms with van der Waals surface area (Å²) >= 11 is 0. The number of hydrogen-bond donors (Lipinski definition) is 0. The first-order valence-electron chi connectivity index (χ1n) is 5.95. The number of allylic oxidation sites excluding steroid dienone is 2. The maximum Gasteiger partial charge on any atom is 0.311 e. The molecule has 0 aliphatic heterocycles. The number of rotatable bonds is 3. The van der Waals surface area contributed by atoms with Crippen LogP contribution in [-0.4, -0.2) is 15.7 Å². The Kier molecular flexibility index (Phi) is 3.31. The fourth-order valence-corrected chi connectivity index (χ4v) is 2.14. The van der Waals surface area contributed by atoms with Crippen LogP contribution in [0.1, 0.15) is 30.7 Å². The average Bonchev–Trinajstić information content (AvgIpc) is 2.83. The molecule has 1 aromatic rings. The molecule has 0 saturated carbocycles. The molecule has 0 amide bonds. The largest absolute Gasteiger partial charge is 0.423 e. The second kappa shape index (κ2) is 4.73. The summed E-state index contributed by atoms with van der Waals surface area (Å²) in [5.41, 5.74) is 1.65. The molecular weight excluding hydrogens is 216 g/mol. The maximum absolute atomic E-state index is 11.8. The van der Waals surface area contributed by atoms with E-state index in [1.807, 2.05) is 20.9 Å². The summed E-state index contributed by atoms with van der Waals surface area (Å²) in [7, 11) is 1.85. The van der Waals surface area contributed by atoms with Crippen molar-refractivity contribution in [3.05, 3.63) is 23.5 Å². The van der Waals surface area contributed by atoms with Crippen LogP contribution in [0.3, 0.4) is 0 Å². The minimum atomic E-state index is -0.166. The van der Waals surface area contributed by atoms with Gasteiger partial charge in [-0.1, -0.05) is 12.2 Å². The first kappa shape index (κ1) is 11.9. The molecule has 0 aromatic carbocycles. The number of ether oxygens (including phenoxy) is 1. The van der Waals surface area contributed by atoms with Gasteiger partial charge in [-0.15, -0.1) is 0 Å². The van der Waals surface area contributed by atoms with E-state index in [0.717, 1.165) is 24.2 Å². The number of aryl methyl sites for hydroxylation is 2. The van der Waals surface area contributed by atoms with E-state index in [1.54, 1.807) is 4.68 Å². The Morgan fingerprint density at radius 1 is 1.59 bits per heavy atom. The minimum absolute atomic E-state index is 0.166. The predicted octanol–water partition coefficient (Wildman–Crippen LogP) is 2.30. The van der Waals surface area contributed by atoms with Crippen molar-refractivity contribution in [2.24, 2.45) is 13.0 Å². The first-order chi connectivity index (χ1) is 8.08. The van der Waals surface area contributed by atoms with E-state index in [1.165, 1.54) is 0 Å². The van der Waals surface area contributed by atoms with Crippen molar-refractivity contribution in [2.45, 2.75) is 33.1 Å². The van der Waals surface area contributed by atoms with Crippen molar-refractivity contribution in [1.82, 2.24) is 9.78 Å². The first-order valence-corrected chi connectivity index (χ1v) is 5.95. The lowest BCUT2D eigenvalue weighted by molar-refractivity contribution is -0.135. The van der Waals surface area contributed by atoms with Crippen molar-refractivity contribution >= 4 is 5.97 Å². The van der Waals surface area contributed by atoms with E-state index in [2.05, 4.69) is 17.3 Å². The molecule has 0 saturated heterocycles. The van der Waals surface area contributed by atoms with Gasteiger partial charge in [-0.2, -0.15) is 5.10 Å². The highest BCUT2D eigenvalue weighted by Crippen LogP contribution is 2.24. The molecule has 0 spiro atoms. The number of hydrogen-bond acceptors (Lipinski definition) is 3. The molecular formula is C13H18N2O2. The fourth-order valence-electron chi connectivity index (χ4n) is 2.14. The third-order valence-electron chi connectivity index (χ3n) is 3.20. The van der Waals surface area contributed by atoms with Crippen LogP contribution in [0.25, 0.3) is 0 Å². The molecule has 92 valence electrons. The smallest absolute Gasteiger partial charge is 0.311 e. The normalized spacial score (nSPS) is 18.6. The SMILES string of the molecule is Cc1nn(C)c(C)c1OC(=O)CC1C=CCC1. The maximum atomic E-state index is 11.8. The third-order valence-corrected chi connectivity index (χ3v) is 3.20. The standard InChI is InChI=1S/C13H18N2O2/c1-9-13(10(2)15(3)14-9)17-12(16)8-11-6-4-5-7-11/h4,6,11H,5,7-8H2,1-3H3. The molecule has 1 heterocycles. The van der Waals surface area contributed by atoms with Gasteiger partial charge in [0.1, 0.15) is 5.69 Å². The quantitative estimate of drug-likeness (QED) is 0.595. The van der Waals surface area contributed by atoms with Gasteiger partial charge in [0.25, 0.3) is 0 Å². The van der Waals surface area contributed by atoms with Gasteiger partial charge in [-0.25, -0.2) is 0 Å². The topological polar surface area (TPSA) is 44.1 Å². The van der Waals surface area contributed by atoms with Crippen LogP contribution in [0, 0.1) is 19.8 Å². The summed E-state index contributed by atoms with van der Waals surface area (Å²) in [5, 5.41) is 4.22. The third kappa shape index (κ3) is 2.57. The molecule has 17 heavy (non-hydrogen) atoms. The van der Waals surface area contributed by atoms with Crippen molar-refractivity contribution < 1.29 is 9.53 Å². The molecule has 0 N–H and O–H groups in total. The van der Waals surface area contributed by atoms with Crippen molar-refractivity contribution in [2.75, 3.05) is 0 Å². The second-order valence-electron chi connectivity index (χ2n) is 4.57. The highest BCUT2D eigenvalue weighted by atomic mass is 16.5. The summed E-state index contributed by atoms with van der Waals surface area (Å²) < 4.78 is 7.13. The van der Waals surface area contributed by atoms with Crippen molar-refractivity contribution in [1.29, 1.82) is 0 Å². The molecule has 1 unspecified atom stereocenters. The fraction of sp³-hybridized carbons (Fsp3) is 0.538. The van der Waals surface area contributed by atoms with Crippen LogP contribution in [0.5, 0.6) is 5.75 Å². The Balaban J connectivity index is 2.00. The molecule has 4 nitrogen and oxygen atoms in total. The zero-order chi connectivity index (χ0) is 12.4. The van der Waals surface area contributed by atoms with Crippen LogP contribution >= 0.6 is 0 Å². The Bertz CT molecular complexity index is 460. The van der Waals surface area contributed by atoms with Crippen LogP contribution < -0.4 is 4.74 Å². The van der Waals surface area contributed by atoms with Gasteiger partial charge in [-0.05, 0) is 32.6 Å². The van der Waals surface area contributed by atoms with Crippen LogP contribution in [-0.2, 0) is 11.8 Å². The summed E-state index contributed by atoms with van der Waals surface area (Å²) in [6, 6.07) is 0. The highest BCUT2D eigenvalue weighted by Gasteiger charge is 2.19. The lowest BCUT2D eigenvalue weighted by Gasteiger charge is -2.07. The van der Waals surface area contributed by atoms with E-state index in [4.69, 9.17) is 4.74 Å². The molecule has 2 rings (SSSR count). The summed E-state index contributed by atoms with van der Waals surface area (Å²) in [6.45, 7) is 3.75. The van der Waals surface area contributed by atoms with E-state index in [9.17, 15) is 4.79 Å². The molecule has 4 heteroatoms. The van der Waals surface area contributed by atoms with Crippen LogP contribution in [0.15, 0.2) is 12.2 Å². The van der Waals surface area contributed by atoms with Crippen molar-refractivity contribution in [3.8, 4) is 5.75 Å². The number of nitrogens with zero attached hydrogens (tertiary/aromatic N) is 2. The van der Waals surface area contributed by atoms with Gasteiger partial charge in [0.05, 0.1) is 12.1 Å². The number of carbonyl (C=O) groups excluding carboxylic acids is 1. The summed E-state index contributed by atoms with van der Waals surface area (Å²) in [6.07, 6.45) is 6.82. The van der Waals surface area contributed by atoms with Gasteiger partial charge in [0, 0.05) is 7.05 Å². The van der Waals surface area contributed by atoms with Gasteiger partial charge < -0.3 is 4.74 Å². The lowest BCUT2D eigenvalue weighted by atomic mass is 10.1. The van der Waals surface area contributed by atoms with Gasteiger partial charge >= 0.3 is 5.97 Å². The molecule has 1 aromatic heterocycles. The van der Waals surface area contributed by atoms with E-state index in [-0.39, 0.29) is 5.97 Å². The molecule has 0 radical (unpaired) electrons. The molecule has 0 bridgehead atoms. The Labute approximate surface area is 101 Å². The second-order valence-corrected chi connectivity index (χ2v) is 4.57. The molecule has 1 aliphatic rings. The molecule has 1 aliphatic carbocycles. The van der Waals surface area contributed by atoms with Crippen molar-refractivity contribution in [3.63, 3.8) is 0 Å². The zero-order valence-corrected chi connectivity index (χ0v) is 10.6. The number of aromatic nitrogens is 2. The molecule has 0 fully saturated rings. The van der Waals surface area contributed by atoms with Gasteiger partial charge in [0.15, 0.2) is 5.75 Å². The summed E-state index contributed by atoms with van der Waals surface area (Å²) in [5.74, 6) is 0.792. The molecule has 1 atom stereocenters. The Morgan fingerprint density at radius 3 is 2.88 bits per heavy atom. The average molecular weight is 234 g/mol. The van der Waals surface area contributed by atoms with Crippen LogP contribution in [0.2, 0.25) is 0 Å². The minimum Gasteiger partial charge on any atom is -0.423 e. The van der Waals surface area contributed by atoms with E-state index in [0.29, 0.717) is 18.1 Å². The van der Waals surface area contributed by atoms with E-state index >= 15 is 0 Å². The Morgan fingerprint density at radius 2 is 2.35 bits per heavy atom. The highest BCUT2D eigenvalue weighted by molar-refractivity contribution is 5.73. The zero-order valence-electron chi connectivity index (χ0n) is 10.6. The summed E-state index contributed by atoms with van der Waals surface area (Å²) in [4.78, 5) is 11.8. The van der Waals surface area contributed by atoms with Gasteiger partial charge in [-0.3, -0.25) is 9.48 Å². The van der Waals surface area contributed by atoms with Gasteiger partial charge in [0.2, 0.25) is 0 Å². The lowest BCUT2D eigenvalue weighted by Crippen LogP contribution is -2.12. The Hall–Kier alpha value is -1.58. The monoisotopic (exact) mass is 234 g/mol. The van der Waals surface area contributed by atoms with E-state index < -0.39 is 0 Å². The number of carbonyl (C=O) groups is 1. The predicted molar refractivity (Wildman–Crippen MR) is 64.8 cm³/mol. The van der Waals surface area contributed by atoms with Crippen LogP contribution in [0.4, 0.5) is 0 Å².